The number of hydrogen-bond donors (Lipinski definition) is 3. The van der Waals surface area contributed by atoms with Crippen molar-refractivity contribution in [1.29, 1.82) is 0 Å². The summed E-state index contributed by atoms with van der Waals surface area (Å²) in [5, 5.41) is 12.0. The van der Waals surface area contributed by atoms with Crippen molar-refractivity contribution in [2.45, 2.75) is 0 Å². The number of methoxy groups -OCH3 is 1. The Morgan fingerprint density at radius 2 is 2.25 bits per heavy atom. The molecule has 0 saturated heterocycles. The van der Waals surface area contributed by atoms with Gasteiger partial charge in [0.2, 0.25) is 0 Å². The van der Waals surface area contributed by atoms with Crippen LogP contribution in [0.15, 0.2) is 18.2 Å². The van der Waals surface area contributed by atoms with Gasteiger partial charge in [0.25, 0.3) is 5.91 Å². The summed E-state index contributed by atoms with van der Waals surface area (Å²) >= 11 is 0. The van der Waals surface area contributed by atoms with Crippen LogP contribution in [0, 0.1) is 0 Å². The molecule has 0 saturated carbocycles. The van der Waals surface area contributed by atoms with E-state index in [2.05, 4.69) is 5.32 Å². The van der Waals surface area contributed by atoms with Gasteiger partial charge in [-0.1, -0.05) is 0 Å². The molecule has 4 N–H and O–H groups in total. The number of benzene rings is 1. The number of halogens is 1. The van der Waals surface area contributed by atoms with E-state index in [-0.39, 0.29) is 29.6 Å². The predicted molar refractivity (Wildman–Crippen MR) is 63.3 cm³/mol. The third kappa shape index (κ3) is 3.60. The van der Waals surface area contributed by atoms with Crippen LogP contribution < -0.4 is 15.8 Å². The zero-order chi connectivity index (χ0) is 11.3. The quantitative estimate of drug-likeness (QED) is 0.723. The third-order valence-electron chi connectivity index (χ3n) is 1.88. The molecular formula is C10H15ClN2O3. The van der Waals surface area contributed by atoms with Crippen LogP contribution in [0.1, 0.15) is 10.4 Å². The first kappa shape index (κ1) is 14.5. The van der Waals surface area contributed by atoms with Crippen molar-refractivity contribution < 1.29 is 14.6 Å². The summed E-state index contributed by atoms with van der Waals surface area (Å²) in [6.45, 7) is 0.728. The van der Waals surface area contributed by atoms with Crippen LogP contribution in [-0.2, 0) is 0 Å². The fourth-order valence-corrected chi connectivity index (χ4v) is 1.10. The average molecular weight is 247 g/mol. The molecule has 5 nitrogen and oxygen atoms in total. The summed E-state index contributed by atoms with van der Waals surface area (Å²) in [6.07, 6.45) is 0. The van der Waals surface area contributed by atoms with Gasteiger partial charge in [0, 0.05) is 13.1 Å². The molecule has 6 heteroatoms. The lowest BCUT2D eigenvalue weighted by Gasteiger charge is -2.07. The van der Waals surface area contributed by atoms with E-state index in [1.54, 1.807) is 6.07 Å². The molecule has 0 fully saturated rings. The Balaban J connectivity index is 0.00000225. The number of ether oxygens (including phenoxy) is 1. The number of rotatable bonds is 4. The van der Waals surface area contributed by atoms with Gasteiger partial charge in [-0.2, -0.15) is 0 Å². The number of aromatic hydroxyl groups is 1. The summed E-state index contributed by atoms with van der Waals surface area (Å²) in [7, 11) is 1.49. The summed E-state index contributed by atoms with van der Waals surface area (Å²) < 4.78 is 4.95. The Labute approximate surface area is 100 Å². The normalized spacial score (nSPS) is 9.12. The highest BCUT2D eigenvalue weighted by Crippen LogP contribution is 2.22. The second kappa shape index (κ2) is 6.92. The number of nitrogens with two attached hydrogens (primary N) is 1. The minimum atomic E-state index is -0.364. The van der Waals surface area contributed by atoms with Crippen molar-refractivity contribution in [2.75, 3.05) is 20.2 Å². The molecule has 0 aromatic heterocycles. The average Bonchev–Trinajstić information content (AvgIpc) is 2.26. The second-order valence-electron chi connectivity index (χ2n) is 2.93. The monoisotopic (exact) mass is 246 g/mol. The Bertz CT molecular complexity index is 358. The minimum Gasteiger partial charge on any atom is -0.507 e. The van der Waals surface area contributed by atoms with E-state index in [0.717, 1.165) is 0 Å². The van der Waals surface area contributed by atoms with E-state index in [9.17, 15) is 9.90 Å². The highest BCUT2D eigenvalue weighted by atomic mass is 35.5. The van der Waals surface area contributed by atoms with Gasteiger partial charge >= 0.3 is 0 Å². The van der Waals surface area contributed by atoms with Crippen LogP contribution in [0.2, 0.25) is 0 Å². The lowest BCUT2D eigenvalue weighted by atomic mass is 10.2. The summed E-state index contributed by atoms with van der Waals surface area (Å²) in [6, 6.07) is 4.46. The van der Waals surface area contributed by atoms with Crippen LogP contribution in [0.4, 0.5) is 0 Å². The zero-order valence-electron chi connectivity index (χ0n) is 8.90. The zero-order valence-corrected chi connectivity index (χ0v) is 9.71. The molecule has 0 heterocycles. The third-order valence-corrected chi connectivity index (χ3v) is 1.88. The van der Waals surface area contributed by atoms with Gasteiger partial charge in [-0.15, -0.1) is 12.4 Å². The van der Waals surface area contributed by atoms with Gasteiger partial charge in [0.1, 0.15) is 11.5 Å². The van der Waals surface area contributed by atoms with Crippen molar-refractivity contribution in [3.05, 3.63) is 23.8 Å². The van der Waals surface area contributed by atoms with Crippen LogP contribution in [0.3, 0.4) is 0 Å². The summed E-state index contributed by atoms with van der Waals surface area (Å²) in [4.78, 5) is 11.5. The molecule has 90 valence electrons. The van der Waals surface area contributed by atoms with Crippen molar-refractivity contribution in [3.63, 3.8) is 0 Å². The number of amides is 1. The SMILES string of the molecule is COc1ccc(O)c(C(=O)NCCN)c1.Cl. The van der Waals surface area contributed by atoms with Crippen LogP contribution in [0.5, 0.6) is 11.5 Å². The van der Waals surface area contributed by atoms with E-state index < -0.39 is 0 Å². The lowest BCUT2D eigenvalue weighted by Crippen LogP contribution is -2.29. The topological polar surface area (TPSA) is 84.6 Å². The highest BCUT2D eigenvalue weighted by Gasteiger charge is 2.11. The standard InChI is InChI=1S/C10H14N2O3.ClH/c1-15-7-2-3-9(13)8(6-7)10(14)12-5-4-11;/h2-3,6,13H,4-5,11H2,1H3,(H,12,14);1H. The fraction of sp³-hybridized carbons (Fsp3) is 0.300. The van der Waals surface area contributed by atoms with Gasteiger partial charge in [0.15, 0.2) is 0 Å². The maximum absolute atomic E-state index is 11.5. The first-order chi connectivity index (χ1) is 7.19. The number of hydrogen-bond acceptors (Lipinski definition) is 4. The van der Waals surface area contributed by atoms with Gasteiger partial charge in [0.05, 0.1) is 12.7 Å². The molecule has 16 heavy (non-hydrogen) atoms. The Morgan fingerprint density at radius 1 is 1.56 bits per heavy atom. The number of carbonyl (C=O) groups excluding carboxylic acids is 1. The summed E-state index contributed by atoms with van der Waals surface area (Å²) in [5.41, 5.74) is 5.43. The molecule has 0 spiro atoms. The van der Waals surface area contributed by atoms with Crippen LogP contribution in [-0.4, -0.2) is 31.2 Å². The van der Waals surface area contributed by atoms with E-state index in [1.165, 1.54) is 19.2 Å². The Hall–Kier alpha value is -1.46. The van der Waals surface area contributed by atoms with Gasteiger partial charge in [-0.3, -0.25) is 4.79 Å². The maximum atomic E-state index is 11.5. The molecular weight excluding hydrogens is 232 g/mol. The van der Waals surface area contributed by atoms with Gasteiger partial charge in [-0.25, -0.2) is 0 Å². The highest BCUT2D eigenvalue weighted by molar-refractivity contribution is 5.97. The molecule has 0 aliphatic heterocycles. The molecule has 0 atom stereocenters. The van der Waals surface area contributed by atoms with Crippen molar-refractivity contribution in [1.82, 2.24) is 5.32 Å². The maximum Gasteiger partial charge on any atom is 0.255 e. The van der Waals surface area contributed by atoms with E-state index in [0.29, 0.717) is 18.8 Å². The Kier molecular flexibility index (Phi) is 6.29. The molecule has 1 aromatic carbocycles. The Morgan fingerprint density at radius 3 is 2.81 bits per heavy atom. The second-order valence-corrected chi connectivity index (χ2v) is 2.93. The molecule has 1 rings (SSSR count). The number of carbonyl (C=O) groups is 1. The molecule has 0 bridgehead atoms. The first-order valence-electron chi connectivity index (χ1n) is 4.54. The smallest absolute Gasteiger partial charge is 0.255 e. The van der Waals surface area contributed by atoms with Gasteiger partial charge < -0.3 is 20.9 Å². The van der Waals surface area contributed by atoms with Crippen molar-refractivity contribution >= 4 is 18.3 Å². The van der Waals surface area contributed by atoms with E-state index in [1.807, 2.05) is 0 Å². The molecule has 0 radical (unpaired) electrons. The number of phenols is 1. The summed E-state index contributed by atoms with van der Waals surface area (Å²) in [5.74, 6) is 0.0767. The molecule has 1 aromatic rings. The molecule has 0 aliphatic carbocycles. The van der Waals surface area contributed by atoms with Crippen LogP contribution in [0.25, 0.3) is 0 Å². The molecule has 0 unspecified atom stereocenters. The van der Waals surface area contributed by atoms with E-state index >= 15 is 0 Å². The molecule has 1 amide bonds. The van der Waals surface area contributed by atoms with E-state index in [4.69, 9.17) is 10.5 Å². The first-order valence-corrected chi connectivity index (χ1v) is 4.54. The number of phenolic OH excluding ortho intramolecular Hbond substituents is 1. The predicted octanol–water partition coefficient (Wildman–Crippen LogP) is 0.511. The largest absolute Gasteiger partial charge is 0.507 e. The lowest BCUT2D eigenvalue weighted by molar-refractivity contribution is 0.0951. The van der Waals surface area contributed by atoms with Crippen molar-refractivity contribution in [3.8, 4) is 11.5 Å². The minimum absolute atomic E-state index is 0. The molecule has 0 aliphatic rings. The van der Waals surface area contributed by atoms with Gasteiger partial charge in [-0.05, 0) is 18.2 Å². The fourth-order valence-electron chi connectivity index (χ4n) is 1.10. The van der Waals surface area contributed by atoms with Crippen LogP contribution >= 0.6 is 12.4 Å². The number of nitrogens with one attached hydrogen (secondary N) is 1. The van der Waals surface area contributed by atoms with Crippen molar-refractivity contribution in [2.24, 2.45) is 5.73 Å².